The van der Waals surface area contributed by atoms with Crippen LogP contribution in [0, 0.1) is 0 Å². The minimum absolute atomic E-state index is 0.221. The first-order chi connectivity index (χ1) is 8.46. The molecule has 0 spiro atoms. The van der Waals surface area contributed by atoms with Crippen molar-refractivity contribution < 1.29 is 13.5 Å². The van der Waals surface area contributed by atoms with Gasteiger partial charge in [0.05, 0.1) is 11.9 Å². The molecule has 0 saturated carbocycles. The zero-order valence-corrected chi connectivity index (χ0v) is 11.6. The predicted octanol–water partition coefficient (Wildman–Crippen LogP) is 1.68. The van der Waals surface area contributed by atoms with Gasteiger partial charge in [-0.2, -0.15) is 0 Å². The molecule has 1 aromatic rings. The lowest BCUT2D eigenvalue weighted by molar-refractivity contribution is 0.166. The maximum atomic E-state index is 11.1. The van der Waals surface area contributed by atoms with Gasteiger partial charge >= 0.3 is 0 Å². The van der Waals surface area contributed by atoms with Crippen molar-refractivity contribution in [2.75, 3.05) is 12.0 Å². The highest BCUT2D eigenvalue weighted by Crippen LogP contribution is 2.29. The third kappa shape index (κ3) is 3.59. The first-order valence-corrected chi connectivity index (χ1v) is 8.56. The van der Waals surface area contributed by atoms with E-state index in [2.05, 4.69) is 6.20 Å². The molecule has 18 heavy (non-hydrogen) atoms. The molecule has 1 unspecified atom stereocenters. The van der Waals surface area contributed by atoms with Crippen molar-refractivity contribution in [3.8, 4) is 0 Å². The SMILES string of the molecule is CS(=O)(=O)CCCn1cc2c(c1)C(O)CCCC2. The number of hydrogen-bond donors (Lipinski definition) is 1. The number of rotatable bonds is 4. The average molecular weight is 271 g/mol. The summed E-state index contributed by atoms with van der Waals surface area (Å²) in [6, 6.07) is 0. The van der Waals surface area contributed by atoms with Crippen molar-refractivity contribution in [2.24, 2.45) is 0 Å². The lowest BCUT2D eigenvalue weighted by atomic mass is 10.1. The molecule has 2 rings (SSSR count). The zero-order valence-electron chi connectivity index (χ0n) is 10.8. The van der Waals surface area contributed by atoms with E-state index in [1.54, 1.807) is 0 Å². The Kier molecular flexibility index (Phi) is 4.12. The van der Waals surface area contributed by atoms with Gasteiger partial charge < -0.3 is 9.67 Å². The molecular formula is C13H21NO3S. The number of fused-ring (bicyclic) bond motifs is 1. The Labute approximate surface area is 109 Å². The van der Waals surface area contributed by atoms with Gasteiger partial charge in [0.1, 0.15) is 9.84 Å². The molecule has 1 atom stereocenters. The fourth-order valence-electron chi connectivity index (χ4n) is 2.53. The molecule has 1 aliphatic rings. The van der Waals surface area contributed by atoms with E-state index in [4.69, 9.17) is 0 Å². The van der Waals surface area contributed by atoms with Crippen molar-refractivity contribution in [1.82, 2.24) is 4.57 Å². The molecule has 0 amide bonds. The van der Waals surface area contributed by atoms with Crippen LogP contribution in [-0.4, -0.2) is 30.1 Å². The van der Waals surface area contributed by atoms with Gasteiger partial charge in [-0.25, -0.2) is 8.42 Å². The third-order valence-corrected chi connectivity index (χ3v) is 4.49. The summed E-state index contributed by atoms with van der Waals surface area (Å²) in [5.41, 5.74) is 2.26. The number of nitrogens with zero attached hydrogens (tertiary/aromatic N) is 1. The van der Waals surface area contributed by atoms with Crippen molar-refractivity contribution in [2.45, 2.75) is 44.8 Å². The number of aliphatic hydroxyl groups is 1. The van der Waals surface area contributed by atoms with Crippen LogP contribution < -0.4 is 0 Å². The van der Waals surface area contributed by atoms with Crippen molar-refractivity contribution in [1.29, 1.82) is 0 Å². The first-order valence-electron chi connectivity index (χ1n) is 6.50. The normalized spacial score (nSPS) is 20.4. The zero-order chi connectivity index (χ0) is 13.2. The molecule has 1 aliphatic carbocycles. The van der Waals surface area contributed by atoms with Crippen LogP contribution in [0.4, 0.5) is 0 Å². The highest BCUT2D eigenvalue weighted by molar-refractivity contribution is 7.90. The smallest absolute Gasteiger partial charge is 0.147 e. The molecule has 0 aliphatic heterocycles. The van der Waals surface area contributed by atoms with E-state index in [1.165, 1.54) is 11.8 Å². The number of aromatic nitrogens is 1. The van der Waals surface area contributed by atoms with E-state index < -0.39 is 9.84 Å². The molecule has 0 bridgehead atoms. The minimum atomic E-state index is -2.88. The lowest BCUT2D eigenvalue weighted by Gasteiger charge is -2.06. The highest BCUT2D eigenvalue weighted by Gasteiger charge is 2.18. The summed E-state index contributed by atoms with van der Waals surface area (Å²) in [4.78, 5) is 0. The number of hydrogen-bond acceptors (Lipinski definition) is 3. The Morgan fingerprint density at radius 3 is 2.89 bits per heavy atom. The summed E-state index contributed by atoms with van der Waals surface area (Å²) in [5, 5.41) is 10.0. The van der Waals surface area contributed by atoms with Gasteiger partial charge in [0, 0.05) is 30.8 Å². The summed E-state index contributed by atoms with van der Waals surface area (Å²) in [5.74, 6) is 0.221. The van der Waals surface area contributed by atoms with Crippen LogP contribution in [0.3, 0.4) is 0 Å². The Bertz CT molecular complexity index is 504. The molecule has 1 N–H and O–H groups in total. The molecular weight excluding hydrogens is 250 g/mol. The van der Waals surface area contributed by atoms with Gasteiger partial charge in [0.25, 0.3) is 0 Å². The van der Waals surface area contributed by atoms with E-state index in [0.717, 1.165) is 31.2 Å². The Morgan fingerprint density at radius 1 is 1.39 bits per heavy atom. The largest absolute Gasteiger partial charge is 0.388 e. The fourth-order valence-corrected chi connectivity index (χ4v) is 3.18. The van der Waals surface area contributed by atoms with Crippen LogP contribution in [0.25, 0.3) is 0 Å². The van der Waals surface area contributed by atoms with Crippen LogP contribution in [0.1, 0.15) is 42.9 Å². The molecule has 0 aromatic carbocycles. The number of aryl methyl sites for hydroxylation is 2. The molecule has 0 saturated heterocycles. The molecule has 102 valence electrons. The van der Waals surface area contributed by atoms with Crippen molar-refractivity contribution in [3.05, 3.63) is 23.5 Å². The Balaban J connectivity index is 2.01. The van der Waals surface area contributed by atoms with Gasteiger partial charge in [0.15, 0.2) is 0 Å². The first kappa shape index (κ1) is 13.6. The van der Waals surface area contributed by atoms with E-state index in [0.29, 0.717) is 13.0 Å². The van der Waals surface area contributed by atoms with Crippen LogP contribution in [0.15, 0.2) is 12.4 Å². The maximum absolute atomic E-state index is 11.1. The van der Waals surface area contributed by atoms with Crippen LogP contribution in [0.2, 0.25) is 0 Å². The van der Waals surface area contributed by atoms with E-state index >= 15 is 0 Å². The van der Waals surface area contributed by atoms with E-state index in [9.17, 15) is 13.5 Å². The molecule has 4 nitrogen and oxygen atoms in total. The maximum Gasteiger partial charge on any atom is 0.147 e. The Hall–Kier alpha value is -0.810. The van der Waals surface area contributed by atoms with Crippen LogP contribution >= 0.6 is 0 Å². The van der Waals surface area contributed by atoms with Gasteiger partial charge in [-0.1, -0.05) is 6.42 Å². The summed E-state index contributed by atoms with van der Waals surface area (Å²) in [6.07, 6.45) is 9.63. The number of sulfone groups is 1. The predicted molar refractivity (Wildman–Crippen MR) is 71.3 cm³/mol. The second-order valence-electron chi connectivity index (χ2n) is 5.22. The summed E-state index contributed by atoms with van der Waals surface area (Å²) in [6.45, 7) is 0.701. The summed E-state index contributed by atoms with van der Waals surface area (Å²) >= 11 is 0. The average Bonchev–Trinajstić information content (AvgIpc) is 2.58. The highest BCUT2D eigenvalue weighted by atomic mass is 32.2. The monoisotopic (exact) mass is 271 g/mol. The second kappa shape index (κ2) is 5.45. The minimum Gasteiger partial charge on any atom is -0.388 e. The van der Waals surface area contributed by atoms with Crippen molar-refractivity contribution >= 4 is 9.84 Å². The van der Waals surface area contributed by atoms with Gasteiger partial charge in [-0.05, 0) is 31.2 Å². The fraction of sp³-hybridized carbons (Fsp3) is 0.692. The Morgan fingerprint density at radius 2 is 2.17 bits per heavy atom. The molecule has 1 aromatic heterocycles. The van der Waals surface area contributed by atoms with E-state index in [1.807, 2.05) is 10.8 Å². The third-order valence-electron chi connectivity index (χ3n) is 3.46. The molecule has 0 fully saturated rings. The second-order valence-corrected chi connectivity index (χ2v) is 7.48. The molecule has 5 heteroatoms. The van der Waals surface area contributed by atoms with Gasteiger partial charge in [-0.3, -0.25) is 0 Å². The van der Waals surface area contributed by atoms with Crippen molar-refractivity contribution in [3.63, 3.8) is 0 Å². The standard InChI is InChI=1S/C13H21NO3S/c1-18(16,17)8-4-7-14-9-11-5-2-3-6-13(15)12(11)10-14/h9-10,13,15H,2-8H2,1H3. The number of aliphatic hydroxyl groups excluding tert-OH is 1. The van der Waals surface area contributed by atoms with Crippen LogP contribution in [0.5, 0.6) is 0 Å². The topological polar surface area (TPSA) is 59.3 Å². The molecule has 1 heterocycles. The van der Waals surface area contributed by atoms with E-state index in [-0.39, 0.29) is 11.9 Å². The van der Waals surface area contributed by atoms with Gasteiger partial charge in [0.2, 0.25) is 0 Å². The quantitative estimate of drug-likeness (QED) is 0.848. The summed E-state index contributed by atoms with van der Waals surface area (Å²) < 4.78 is 24.1. The van der Waals surface area contributed by atoms with Crippen LogP contribution in [-0.2, 0) is 22.8 Å². The molecule has 0 radical (unpaired) electrons. The van der Waals surface area contributed by atoms with Gasteiger partial charge in [-0.15, -0.1) is 0 Å². The summed E-state index contributed by atoms with van der Waals surface area (Å²) in [7, 11) is -2.88. The lowest BCUT2D eigenvalue weighted by Crippen LogP contribution is -2.06.